The normalized spacial score (nSPS) is 17.0. The molecule has 0 spiro atoms. The maximum absolute atomic E-state index is 13.3. The molecule has 30 heavy (non-hydrogen) atoms. The topological polar surface area (TPSA) is 92.8 Å². The van der Waals surface area contributed by atoms with Crippen LogP contribution in [-0.4, -0.2) is 43.8 Å². The molecule has 10 heteroatoms. The molecule has 7 nitrogen and oxygen atoms in total. The number of ether oxygens (including phenoxy) is 1. The summed E-state index contributed by atoms with van der Waals surface area (Å²) in [6, 6.07) is 8.56. The highest BCUT2D eigenvalue weighted by Gasteiger charge is 2.40. The molecule has 1 atom stereocenters. The molecule has 2 aromatic rings. The van der Waals surface area contributed by atoms with E-state index in [1.165, 1.54) is 36.4 Å². The Morgan fingerprint density at radius 3 is 2.63 bits per heavy atom. The molecule has 0 unspecified atom stereocenters. The van der Waals surface area contributed by atoms with Gasteiger partial charge in [0.15, 0.2) is 6.61 Å². The zero-order valence-electron chi connectivity index (χ0n) is 16.1. The lowest BCUT2D eigenvalue weighted by atomic mass is 10.2. The summed E-state index contributed by atoms with van der Waals surface area (Å²) >= 11 is 5.81. The molecule has 1 N–H and O–H groups in total. The van der Waals surface area contributed by atoms with E-state index in [-0.39, 0.29) is 23.5 Å². The van der Waals surface area contributed by atoms with Crippen molar-refractivity contribution in [3.63, 3.8) is 0 Å². The minimum Gasteiger partial charge on any atom is -0.454 e. The van der Waals surface area contributed by atoms with Crippen molar-refractivity contribution in [1.82, 2.24) is 4.31 Å². The third-order valence-corrected chi connectivity index (χ3v) is 6.89. The van der Waals surface area contributed by atoms with Gasteiger partial charge in [-0.3, -0.25) is 9.59 Å². The van der Waals surface area contributed by atoms with Gasteiger partial charge in [0.1, 0.15) is 11.9 Å². The Balaban J connectivity index is 1.63. The first-order valence-corrected chi connectivity index (χ1v) is 11.0. The first kappa shape index (κ1) is 22.2. The summed E-state index contributed by atoms with van der Waals surface area (Å²) in [5.41, 5.74) is 0.913. The number of esters is 1. The number of nitrogens with zero attached hydrogens (tertiary/aromatic N) is 1. The second-order valence-corrected chi connectivity index (χ2v) is 9.17. The lowest BCUT2D eigenvalue weighted by Crippen LogP contribution is -2.42. The number of amides is 1. The summed E-state index contributed by atoms with van der Waals surface area (Å²) in [6.07, 6.45) is 0.775. The zero-order valence-corrected chi connectivity index (χ0v) is 17.7. The second kappa shape index (κ2) is 9.11. The van der Waals surface area contributed by atoms with Gasteiger partial charge in [-0.05, 0) is 61.7 Å². The standard InChI is InChI=1S/C20H20ClFN2O5S/c1-13-4-7-15(22)11-17(13)23-19(25)12-29-20(26)18-3-2-10-24(18)30(27,28)16-8-5-14(21)6-9-16/h4-9,11,18H,2-3,10,12H2,1H3,(H,23,25)/t18-/m0/s1. The molecule has 0 radical (unpaired) electrons. The number of rotatable bonds is 6. The summed E-state index contributed by atoms with van der Waals surface area (Å²) in [6.45, 7) is 1.25. The molecular formula is C20H20ClFN2O5S. The SMILES string of the molecule is Cc1ccc(F)cc1NC(=O)COC(=O)[C@@H]1CCCN1S(=O)(=O)c1ccc(Cl)cc1. The van der Waals surface area contributed by atoms with E-state index >= 15 is 0 Å². The summed E-state index contributed by atoms with van der Waals surface area (Å²) in [7, 11) is -3.92. The van der Waals surface area contributed by atoms with E-state index in [9.17, 15) is 22.4 Å². The van der Waals surface area contributed by atoms with Crippen LogP contribution in [0.15, 0.2) is 47.4 Å². The number of aryl methyl sites for hydroxylation is 1. The van der Waals surface area contributed by atoms with E-state index in [4.69, 9.17) is 16.3 Å². The van der Waals surface area contributed by atoms with Gasteiger partial charge in [0.05, 0.1) is 4.90 Å². The minimum absolute atomic E-state index is 0.0194. The van der Waals surface area contributed by atoms with Crippen molar-refractivity contribution in [3.8, 4) is 0 Å². The highest BCUT2D eigenvalue weighted by Crippen LogP contribution is 2.27. The van der Waals surface area contributed by atoms with E-state index < -0.39 is 40.4 Å². The number of anilines is 1. The van der Waals surface area contributed by atoms with Crippen LogP contribution in [-0.2, 0) is 24.3 Å². The predicted octanol–water partition coefficient (Wildman–Crippen LogP) is 3.12. The van der Waals surface area contributed by atoms with Crippen molar-refractivity contribution in [2.24, 2.45) is 0 Å². The Hall–Kier alpha value is -2.49. The van der Waals surface area contributed by atoms with Gasteiger partial charge >= 0.3 is 5.97 Å². The molecule has 0 bridgehead atoms. The maximum Gasteiger partial charge on any atom is 0.324 e. The molecule has 2 aromatic carbocycles. The van der Waals surface area contributed by atoms with E-state index in [0.717, 1.165) is 10.4 Å². The van der Waals surface area contributed by atoms with Gasteiger partial charge in [0.2, 0.25) is 10.0 Å². The number of halogens is 2. The number of hydrogen-bond acceptors (Lipinski definition) is 5. The van der Waals surface area contributed by atoms with Crippen LogP contribution in [0.2, 0.25) is 5.02 Å². The number of carbonyl (C=O) groups excluding carboxylic acids is 2. The average molecular weight is 455 g/mol. The Kier molecular flexibility index (Phi) is 6.74. The number of benzene rings is 2. The Morgan fingerprint density at radius 2 is 1.93 bits per heavy atom. The number of hydrogen-bond donors (Lipinski definition) is 1. The molecule has 1 aliphatic heterocycles. The van der Waals surface area contributed by atoms with Crippen molar-refractivity contribution in [2.45, 2.75) is 30.7 Å². The first-order valence-electron chi connectivity index (χ1n) is 9.18. The maximum atomic E-state index is 13.3. The van der Waals surface area contributed by atoms with Crippen LogP contribution in [0, 0.1) is 12.7 Å². The first-order chi connectivity index (χ1) is 14.2. The highest BCUT2D eigenvalue weighted by molar-refractivity contribution is 7.89. The van der Waals surface area contributed by atoms with Crippen molar-refractivity contribution < 1.29 is 27.1 Å². The van der Waals surface area contributed by atoms with Crippen LogP contribution in [0.4, 0.5) is 10.1 Å². The van der Waals surface area contributed by atoms with Crippen LogP contribution in [0.1, 0.15) is 18.4 Å². The molecule has 160 valence electrons. The van der Waals surface area contributed by atoms with Crippen molar-refractivity contribution in [1.29, 1.82) is 0 Å². The number of nitrogens with one attached hydrogen (secondary N) is 1. The summed E-state index contributed by atoms with van der Waals surface area (Å²) < 4.78 is 45.2. The zero-order chi connectivity index (χ0) is 21.9. The van der Waals surface area contributed by atoms with Gasteiger partial charge in [-0.2, -0.15) is 4.31 Å². The van der Waals surface area contributed by atoms with E-state index in [1.807, 2.05) is 0 Å². The van der Waals surface area contributed by atoms with Crippen LogP contribution < -0.4 is 5.32 Å². The molecule has 0 saturated carbocycles. The molecule has 1 amide bonds. The van der Waals surface area contributed by atoms with Crippen molar-refractivity contribution in [3.05, 3.63) is 58.9 Å². The van der Waals surface area contributed by atoms with Crippen LogP contribution in [0.5, 0.6) is 0 Å². The average Bonchev–Trinajstić information content (AvgIpc) is 3.20. The van der Waals surface area contributed by atoms with Gasteiger partial charge in [0.25, 0.3) is 5.91 Å². The molecule has 0 aliphatic carbocycles. The molecule has 0 aromatic heterocycles. The smallest absolute Gasteiger partial charge is 0.324 e. The Labute approximate surface area is 178 Å². The van der Waals surface area contributed by atoms with Gasteiger partial charge in [-0.1, -0.05) is 17.7 Å². The monoisotopic (exact) mass is 454 g/mol. The molecule has 1 heterocycles. The molecule has 1 fully saturated rings. The van der Waals surface area contributed by atoms with Crippen LogP contribution in [0.3, 0.4) is 0 Å². The summed E-state index contributed by atoms with van der Waals surface area (Å²) in [5, 5.41) is 2.86. The van der Waals surface area contributed by atoms with Crippen molar-refractivity contribution >= 4 is 39.2 Å². The van der Waals surface area contributed by atoms with E-state index in [1.54, 1.807) is 6.92 Å². The number of sulfonamides is 1. The Morgan fingerprint density at radius 1 is 1.23 bits per heavy atom. The fourth-order valence-corrected chi connectivity index (χ4v) is 4.93. The quantitative estimate of drug-likeness (QED) is 0.677. The second-order valence-electron chi connectivity index (χ2n) is 6.84. The highest BCUT2D eigenvalue weighted by atomic mass is 35.5. The van der Waals surface area contributed by atoms with E-state index in [2.05, 4.69) is 5.32 Å². The third-order valence-electron chi connectivity index (χ3n) is 4.72. The third kappa shape index (κ3) is 4.97. The summed E-state index contributed by atoms with van der Waals surface area (Å²) in [5.74, 6) is -1.97. The minimum atomic E-state index is -3.92. The van der Waals surface area contributed by atoms with Gasteiger partial charge < -0.3 is 10.1 Å². The molecular weight excluding hydrogens is 435 g/mol. The summed E-state index contributed by atoms with van der Waals surface area (Å²) in [4.78, 5) is 24.6. The molecule has 1 saturated heterocycles. The molecule has 3 rings (SSSR count). The van der Waals surface area contributed by atoms with E-state index in [0.29, 0.717) is 17.0 Å². The fraction of sp³-hybridized carbons (Fsp3) is 0.300. The predicted molar refractivity (Wildman–Crippen MR) is 109 cm³/mol. The van der Waals surface area contributed by atoms with Gasteiger partial charge in [-0.15, -0.1) is 0 Å². The lowest BCUT2D eigenvalue weighted by Gasteiger charge is -2.22. The van der Waals surface area contributed by atoms with Gasteiger partial charge in [0, 0.05) is 17.3 Å². The largest absolute Gasteiger partial charge is 0.454 e. The van der Waals surface area contributed by atoms with Crippen molar-refractivity contribution in [2.75, 3.05) is 18.5 Å². The molecule has 1 aliphatic rings. The van der Waals surface area contributed by atoms with Crippen LogP contribution >= 0.6 is 11.6 Å². The van der Waals surface area contributed by atoms with Crippen LogP contribution in [0.25, 0.3) is 0 Å². The Bertz CT molecular complexity index is 1060. The fourth-order valence-electron chi connectivity index (χ4n) is 3.15. The van der Waals surface area contributed by atoms with Gasteiger partial charge in [-0.25, -0.2) is 12.8 Å². The lowest BCUT2D eigenvalue weighted by molar-refractivity contribution is -0.150. The number of carbonyl (C=O) groups is 2.